The minimum Gasteiger partial charge on any atom is -0.481 e. The Bertz CT molecular complexity index is 686. The van der Waals surface area contributed by atoms with Crippen LogP contribution in [0.25, 0.3) is 10.9 Å². The van der Waals surface area contributed by atoms with E-state index in [0.717, 1.165) is 6.07 Å². The molecular formula is C15H16F3NO2. The third-order valence-electron chi connectivity index (χ3n) is 3.59. The van der Waals surface area contributed by atoms with Crippen molar-refractivity contribution in [2.24, 2.45) is 0 Å². The van der Waals surface area contributed by atoms with Crippen molar-refractivity contribution in [3.63, 3.8) is 0 Å². The minimum absolute atomic E-state index is 0.0198. The highest BCUT2D eigenvalue weighted by molar-refractivity contribution is 5.92. The molecule has 0 saturated carbocycles. The van der Waals surface area contributed by atoms with Gasteiger partial charge in [0, 0.05) is 23.1 Å². The Kier molecular flexibility index (Phi) is 3.74. The largest absolute Gasteiger partial charge is 0.481 e. The Morgan fingerprint density at radius 3 is 2.33 bits per heavy atom. The van der Waals surface area contributed by atoms with Crippen LogP contribution in [0, 0.1) is 0 Å². The molecule has 0 fully saturated rings. The van der Waals surface area contributed by atoms with E-state index >= 15 is 0 Å². The second kappa shape index (κ2) is 5.09. The van der Waals surface area contributed by atoms with E-state index in [1.165, 1.54) is 19.2 Å². The Balaban J connectivity index is 2.87. The number of carboxylic acid groups (broad SMARTS) is 1. The topological polar surface area (TPSA) is 42.2 Å². The maximum atomic E-state index is 13.2. The monoisotopic (exact) mass is 299 g/mol. The third-order valence-corrected chi connectivity index (χ3v) is 3.59. The zero-order valence-electron chi connectivity index (χ0n) is 11.9. The number of carbonyl (C=O) groups is 1. The third kappa shape index (κ3) is 2.62. The average Bonchev–Trinajstić information content (AvgIpc) is 2.75. The molecule has 1 aromatic carbocycles. The number of nitrogens with zero attached hydrogens (tertiary/aromatic N) is 1. The predicted molar refractivity (Wildman–Crippen MR) is 73.4 cm³/mol. The molecule has 3 nitrogen and oxygen atoms in total. The first kappa shape index (κ1) is 15.4. The standard InChI is InChI=1S/C15H16F3NO2/c1-8(2)19-7-10(9(3)14(20)21)13-11(15(16,17)18)5-4-6-12(13)19/h4-9H,1-3H3,(H,20,21). The lowest BCUT2D eigenvalue weighted by molar-refractivity contribution is -0.139. The van der Waals surface area contributed by atoms with Crippen molar-refractivity contribution < 1.29 is 23.1 Å². The van der Waals surface area contributed by atoms with E-state index in [4.69, 9.17) is 5.11 Å². The van der Waals surface area contributed by atoms with E-state index in [1.807, 2.05) is 13.8 Å². The van der Waals surface area contributed by atoms with E-state index in [9.17, 15) is 18.0 Å². The van der Waals surface area contributed by atoms with Gasteiger partial charge in [0.2, 0.25) is 0 Å². The van der Waals surface area contributed by atoms with Crippen molar-refractivity contribution in [1.29, 1.82) is 0 Å². The van der Waals surface area contributed by atoms with Crippen LogP contribution < -0.4 is 0 Å². The van der Waals surface area contributed by atoms with Gasteiger partial charge in [-0.05, 0) is 38.5 Å². The fourth-order valence-electron chi connectivity index (χ4n) is 2.47. The summed E-state index contributed by atoms with van der Waals surface area (Å²) >= 11 is 0. The van der Waals surface area contributed by atoms with Crippen LogP contribution in [0.4, 0.5) is 13.2 Å². The molecule has 0 aliphatic carbocycles. The number of hydrogen-bond acceptors (Lipinski definition) is 1. The van der Waals surface area contributed by atoms with Crippen LogP contribution in [0.2, 0.25) is 0 Å². The van der Waals surface area contributed by atoms with Crippen LogP contribution in [0.3, 0.4) is 0 Å². The normalized spacial score (nSPS) is 13.9. The molecule has 0 saturated heterocycles. The molecule has 114 valence electrons. The van der Waals surface area contributed by atoms with E-state index in [0.29, 0.717) is 5.52 Å². The first-order chi connectivity index (χ1) is 9.64. The maximum absolute atomic E-state index is 13.2. The van der Waals surface area contributed by atoms with Gasteiger partial charge >= 0.3 is 12.1 Å². The van der Waals surface area contributed by atoms with Crippen molar-refractivity contribution in [3.8, 4) is 0 Å². The first-order valence-electron chi connectivity index (χ1n) is 6.58. The molecule has 6 heteroatoms. The number of aromatic nitrogens is 1. The van der Waals surface area contributed by atoms with Crippen molar-refractivity contribution >= 4 is 16.9 Å². The second-order valence-electron chi connectivity index (χ2n) is 5.34. The van der Waals surface area contributed by atoms with Gasteiger partial charge in [-0.25, -0.2) is 0 Å². The number of rotatable bonds is 3. The quantitative estimate of drug-likeness (QED) is 0.911. The summed E-state index contributed by atoms with van der Waals surface area (Å²) in [6, 6.07) is 3.86. The number of carboxylic acids is 1. The molecule has 0 radical (unpaired) electrons. The van der Waals surface area contributed by atoms with Gasteiger partial charge in [-0.3, -0.25) is 4.79 Å². The number of alkyl halides is 3. The number of halogens is 3. The fourth-order valence-corrected chi connectivity index (χ4v) is 2.47. The van der Waals surface area contributed by atoms with E-state index in [-0.39, 0.29) is 17.0 Å². The molecule has 0 spiro atoms. The zero-order chi connectivity index (χ0) is 15.9. The number of hydrogen-bond donors (Lipinski definition) is 1. The van der Waals surface area contributed by atoms with E-state index in [1.54, 1.807) is 10.6 Å². The zero-order valence-corrected chi connectivity index (χ0v) is 11.9. The predicted octanol–water partition coefficient (Wildman–Crippen LogP) is 4.43. The van der Waals surface area contributed by atoms with Gasteiger partial charge in [0.25, 0.3) is 0 Å². The van der Waals surface area contributed by atoms with Crippen LogP contribution in [0.5, 0.6) is 0 Å². The van der Waals surface area contributed by atoms with Crippen LogP contribution in [0.15, 0.2) is 24.4 Å². The molecule has 0 aliphatic rings. The lowest BCUT2D eigenvalue weighted by Gasteiger charge is -2.12. The van der Waals surface area contributed by atoms with Crippen molar-refractivity contribution in [3.05, 3.63) is 35.5 Å². The van der Waals surface area contributed by atoms with Gasteiger partial charge in [0.1, 0.15) is 0 Å². The minimum atomic E-state index is -4.52. The highest BCUT2D eigenvalue weighted by Gasteiger charge is 2.35. The summed E-state index contributed by atoms with van der Waals surface area (Å²) in [5, 5.41) is 9.13. The Morgan fingerprint density at radius 1 is 1.24 bits per heavy atom. The summed E-state index contributed by atoms with van der Waals surface area (Å²) in [4.78, 5) is 11.2. The lowest BCUT2D eigenvalue weighted by atomic mass is 9.97. The molecule has 21 heavy (non-hydrogen) atoms. The van der Waals surface area contributed by atoms with Gasteiger partial charge < -0.3 is 9.67 Å². The molecule has 0 bridgehead atoms. The Labute approximate surface area is 120 Å². The fraction of sp³-hybridized carbons (Fsp3) is 0.400. The van der Waals surface area contributed by atoms with Crippen LogP contribution in [-0.4, -0.2) is 15.6 Å². The molecule has 1 heterocycles. The molecule has 0 amide bonds. The molecule has 1 N–H and O–H groups in total. The van der Waals surface area contributed by atoms with Crippen molar-refractivity contribution in [2.75, 3.05) is 0 Å². The molecule has 1 aromatic heterocycles. The summed E-state index contributed by atoms with van der Waals surface area (Å²) in [6.07, 6.45) is -3.00. The summed E-state index contributed by atoms with van der Waals surface area (Å²) in [6.45, 7) is 5.08. The van der Waals surface area contributed by atoms with Crippen LogP contribution in [-0.2, 0) is 11.0 Å². The number of benzene rings is 1. The molecule has 2 aromatic rings. The van der Waals surface area contributed by atoms with E-state index in [2.05, 4.69) is 0 Å². The van der Waals surface area contributed by atoms with Crippen LogP contribution >= 0.6 is 0 Å². The van der Waals surface area contributed by atoms with E-state index < -0.39 is 23.6 Å². The van der Waals surface area contributed by atoms with Gasteiger partial charge in [-0.15, -0.1) is 0 Å². The highest BCUT2D eigenvalue weighted by Crippen LogP contribution is 2.40. The molecule has 2 rings (SSSR count). The second-order valence-corrected chi connectivity index (χ2v) is 5.34. The molecule has 1 atom stereocenters. The summed E-state index contributed by atoms with van der Waals surface area (Å²) in [5.74, 6) is -2.15. The summed E-state index contributed by atoms with van der Waals surface area (Å²) in [7, 11) is 0. The van der Waals surface area contributed by atoms with Gasteiger partial charge in [0.15, 0.2) is 0 Å². The summed E-state index contributed by atoms with van der Waals surface area (Å²) in [5.41, 5.74) is -0.190. The highest BCUT2D eigenvalue weighted by atomic mass is 19.4. The number of aliphatic carboxylic acids is 1. The molecular weight excluding hydrogens is 283 g/mol. The Hall–Kier alpha value is -1.98. The van der Waals surface area contributed by atoms with Gasteiger partial charge in [-0.1, -0.05) is 6.07 Å². The first-order valence-corrected chi connectivity index (χ1v) is 6.58. The molecule has 0 aliphatic heterocycles. The smallest absolute Gasteiger partial charge is 0.417 e. The van der Waals surface area contributed by atoms with Crippen molar-refractivity contribution in [2.45, 2.75) is 38.9 Å². The van der Waals surface area contributed by atoms with Crippen molar-refractivity contribution in [1.82, 2.24) is 4.57 Å². The number of fused-ring (bicyclic) bond motifs is 1. The summed E-state index contributed by atoms with van der Waals surface area (Å²) < 4.78 is 41.3. The maximum Gasteiger partial charge on any atom is 0.417 e. The van der Waals surface area contributed by atoms with Gasteiger partial charge in [0.05, 0.1) is 11.5 Å². The molecule has 1 unspecified atom stereocenters. The SMILES string of the molecule is CC(C(=O)O)c1cn(C(C)C)c2cccc(C(F)(F)F)c12. The average molecular weight is 299 g/mol. The Morgan fingerprint density at radius 2 is 1.86 bits per heavy atom. The van der Waals surface area contributed by atoms with Crippen LogP contribution in [0.1, 0.15) is 43.9 Å². The van der Waals surface area contributed by atoms with Gasteiger partial charge in [-0.2, -0.15) is 13.2 Å². The lowest BCUT2D eigenvalue weighted by Crippen LogP contribution is -2.10.